The number of aryl methyl sites for hydroxylation is 2. The number of esters is 1. The maximum absolute atomic E-state index is 14.4. The summed E-state index contributed by atoms with van der Waals surface area (Å²) in [4.78, 5) is 61.4. The number of aliphatic hydroxyl groups excluding tert-OH is 2. The summed E-state index contributed by atoms with van der Waals surface area (Å²) in [6.45, 7) is 23.9. The molecule has 5 aliphatic rings. The predicted molar refractivity (Wildman–Crippen MR) is 290 cm³/mol. The van der Waals surface area contributed by atoms with Crippen LogP contribution in [0.4, 0.5) is 0 Å². The Bertz CT molecular complexity index is 2640. The summed E-state index contributed by atoms with van der Waals surface area (Å²) >= 11 is 0. The molecule has 0 radical (unpaired) electrons. The number of aromatic hydroxyl groups is 2. The van der Waals surface area contributed by atoms with Crippen molar-refractivity contribution in [1.82, 2.24) is 0 Å². The van der Waals surface area contributed by atoms with Crippen LogP contribution >= 0.6 is 0 Å². The second kappa shape index (κ2) is 26.9. The molecule has 0 saturated carbocycles. The van der Waals surface area contributed by atoms with E-state index in [1.165, 1.54) is 40.0 Å². The Morgan fingerprint density at radius 2 is 1.49 bits per heavy atom. The second-order valence-electron chi connectivity index (χ2n) is 23.8. The van der Waals surface area contributed by atoms with Crippen molar-refractivity contribution in [3.63, 3.8) is 0 Å². The zero-order valence-corrected chi connectivity index (χ0v) is 52.0. The van der Waals surface area contributed by atoms with Gasteiger partial charge in [-0.3, -0.25) is 9.59 Å². The van der Waals surface area contributed by atoms with Gasteiger partial charge in [0.25, 0.3) is 0 Å². The van der Waals surface area contributed by atoms with Gasteiger partial charge < -0.3 is 73.7 Å². The molecule has 5 aliphatic heterocycles. The average molecular weight is 1150 g/mol. The molecule has 2 spiro atoms. The van der Waals surface area contributed by atoms with E-state index in [2.05, 4.69) is 20.8 Å². The minimum Gasteiger partial charge on any atom is -0.550 e. The number of aliphatic carboxylic acids is 1. The van der Waals surface area contributed by atoms with E-state index in [0.717, 1.165) is 6.42 Å². The Balaban J connectivity index is 0.000000362. The molecule has 19 nitrogen and oxygen atoms in total. The Hall–Kier alpha value is -3.99. The van der Waals surface area contributed by atoms with Crippen molar-refractivity contribution in [3.8, 4) is 23.0 Å². The van der Waals surface area contributed by atoms with E-state index in [1.807, 2.05) is 41.5 Å². The summed E-state index contributed by atoms with van der Waals surface area (Å²) in [6, 6.07) is 2.71. The number of hydrogen-bond acceptors (Lipinski definition) is 18. The van der Waals surface area contributed by atoms with Crippen molar-refractivity contribution in [1.29, 1.82) is 0 Å². The summed E-state index contributed by atoms with van der Waals surface area (Å²) in [5.74, 6) is -9.61. The largest absolute Gasteiger partial charge is 1.00 e. The van der Waals surface area contributed by atoms with Crippen molar-refractivity contribution >= 4 is 30.0 Å². The van der Waals surface area contributed by atoms with Crippen LogP contribution in [0.25, 0.3) is 0 Å². The monoisotopic (exact) mass is 1150 g/mol. The maximum atomic E-state index is 14.4. The summed E-state index contributed by atoms with van der Waals surface area (Å²) in [6.07, 6.45) is 5.57. The number of ketones is 1. The van der Waals surface area contributed by atoms with Crippen LogP contribution in [0.15, 0.2) is 24.3 Å². The quantitative estimate of drug-likeness (QED) is 0.0414. The molecule has 6 N–H and O–H groups in total. The van der Waals surface area contributed by atoms with Gasteiger partial charge >= 0.3 is 41.5 Å². The number of aliphatic hydroxyl groups is 3. The molecule has 2 aromatic carbocycles. The molecule has 2 aromatic rings. The first-order valence-corrected chi connectivity index (χ1v) is 28.5. The van der Waals surface area contributed by atoms with Crippen molar-refractivity contribution in [2.45, 2.75) is 220 Å². The van der Waals surface area contributed by atoms with E-state index in [9.17, 15) is 59.7 Å². The van der Waals surface area contributed by atoms with E-state index in [0.29, 0.717) is 69.6 Å². The molecular weight excluding hydrogens is 1060 g/mol. The van der Waals surface area contributed by atoms with Gasteiger partial charge in [0.2, 0.25) is 5.79 Å². The number of carbonyl (C=O) groups is 5. The van der Waals surface area contributed by atoms with Gasteiger partial charge in [0, 0.05) is 47.5 Å². The van der Waals surface area contributed by atoms with Crippen molar-refractivity contribution in [3.05, 3.63) is 57.7 Å². The standard InChI is InChI=1S/C42H70O11.C19H18O8.Na/c1-11-29(38(46)47)31-15-14-23(4)36(50-31)27(8)34(44)26(7)35(45)30(12-2)37-24(5)22-25(6)41(51-37)19-16-32(43)42(53-41)21-20-39(10,52-42)33-17-18-40(48,13-3)28(9)49-33;1-8-5-13(26-4)11(7-20)17(22)14(8)19(25)27-12-6-9(2)16(21)15(10(12)3)18(23)24;/h16,19,23-34,36-37,43-44,48H,11-15,17-18,20-22H2,1-10H3,(H,46,47);5-7,21-22H,1-4H3,(H,23,24);/q;;+1/p-1. The molecule has 0 bridgehead atoms. The first-order valence-electron chi connectivity index (χ1n) is 28.5. The Morgan fingerprint density at radius 1 is 0.852 bits per heavy atom. The van der Waals surface area contributed by atoms with Crippen molar-refractivity contribution < 1.29 is 122 Å². The molecule has 4 fully saturated rings. The molecule has 0 aliphatic carbocycles. The molecule has 20 heteroatoms. The molecule has 446 valence electrons. The van der Waals surface area contributed by atoms with Gasteiger partial charge in [-0.25, -0.2) is 9.59 Å². The number of phenols is 2. The van der Waals surface area contributed by atoms with Gasteiger partial charge in [-0.05, 0) is 140 Å². The summed E-state index contributed by atoms with van der Waals surface area (Å²) in [7, 11) is 1.31. The van der Waals surface area contributed by atoms with E-state index in [4.69, 9.17) is 33.2 Å². The first-order chi connectivity index (χ1) is 37.4. The number of benzene rings is 2. The number of ether oxygens (including phenoxy) is 7. The van der Waals surface area contributed by atoms with Gasteiger partial charge in [0.1, 0.15) is 46.0 Å². The van der Waals surface area contributed by atoms with Gasteiger partial charge in [-0.2, -0.15) is 0 Å². The van der Waals surface area contributed by atoms with Crippen LogP contribution in [-0.4, -0.2) is 133 Å². The van der Waals surface area contributed by atoms with E-state index >= 15 is 0 Å². The summed E-state index contributed by atoms with van der Waals surface area (Å²) < 4.78 is 43.7. The number of phenolic OH excluding ortho intramolecular Hbond substituents is 1. The molecule has 4 saturated heterocycles. The summed E-state index contributed by atoms with van der Waals surface area (Å²) in [5, 5.41) is 75.5. The van der Waals surface area contributed by atoms with Crippen LogP contribution in [0, 0.1) is 62.2 Å². The topological polar surface area (TPSA) is 294 Å². The van der Waals surface area contributed by atoms with E-state index in [-0.39, 0.29) is 105 Å². The fourth-order valence-corrected chi connectivity index (χ4v) is 13.2. The zero-order chi connectivity index (χ0) is 59.7. The third-order valence-corrected chi connectivity index (χ3v) is 18.6. The molecular formula is C61H87NaO19. The second-order valence-corrected chi connectivity index (χ2v) is 23.8. The fraction of sp³-hybridized carbons (Fsp3) is 0.689. The molecule has 0 aromatic heterocycles. The third kappa shape index (κ3) is 13.4. The molecule has 81 heavy (non-hydrogen) atoms. The van der Waals surface area contributed by atoms with Gasteiger partial charge in [0.15, 0.2) is 12.1 Å². The first kappa shape index (κ1) is 67.8. The minimum atomic E-state index is -1.38. The van der Waals surface area contributed by atoms with Crippen LogP contribution in [-0.2, 0) is 33.3 Å². The number of carboxylic acid groups (broad SMARTS) is 2. The van der Waals surface area contributed by atoms with Crippen LogP contribution in [0.1, 0.15) is 181 Å². The molecule has 18 unspecified atom stereocenters. The van der Waals surface area contributed by atoms with Crippen LogP contribution in [0.5, 0.6) is 23.0 Å². The van der Waals surface area contributed by atoms with Crippen molar-refractivity contribution in [2.24, 2.45) is 41.4 Å². The number of carboxylic acids is 2. The van der Waals surface area contributed by atoms with E-state index in [1.54, 1.807) is 19.1 Å². The predicted octanol–water partition coefficient (Wildman–Crippen LogP) is 4.62. The normalized spacial score (nSPS) is 33.7. The Labute approximate surface area is 498 Å². The maximum Gasteiger partial charge on any atom is 1.00 e. The number of carbonyl (C=O) groups excluding carboxylic acids is 4. The number of aromatic carboxylic acids is 1. The molecule has 18 atom stereocenters. The smallest absolute Gasteiger partial charge is 0.550 e. The number of rotatable bonds is 17. The Kier molecular flexibility index (Phi) is 22.5. The van der Waals surface area contributed by atoms with E-state index < -0.39 is 106 Å². The fourth-order valence-electron chi connectivity index (χ4n) is 13.2. The van der Waals surface area contributed by atoms with Crippen LogP contribution < -0.4 is 44.1 Å². The van der Waals surface area contributed by atoms with Crippen LogP contribution in [0.3, 0.4) is 0 Å². The zero-order valence-electron chi connectivity index (χ0n) is 50.0. The SMILES string of the molecule is CCC(C(=O)[O-])C1CCC(C)C(C(C)C(O)C(C)C(=O)C(CC)C2OC3(C=CC(O)C4(CCC(C)(C5CCC(O)(CC)C(C)O5)O4)O3)C(C)CC2C)O1.COc1cc(C)c(C(=O)Oc2cc(C)c(O)c(C(=O)O)c2C)c(O)c1C=O.[Na+]. The average Bonchev–Trinajstić information content (AvgIpc) is 3.75. The number of hydrogen-bond donors (Lipinski definition) is 6. The molecule has 5 heterocycles. The van der Waals surface area contributed by atoms with Crippen molar-refractivity contribution in [2.75, 3.05) is 7.11 Å². The van der Waals surface area contributed by atoms with Crippen LogP contribution in [0.2, 0.25) is 0 Å². The Morgan fingerprint density at radius 3 is 2.06 bits per heavy atom. The molecule has 0 amide bonds. The number of aldehydes is 1. The number of methoxy groups -OCH3 is 1. The van der Waals surface area contributed by atoms with Gasteiger partial charge in [-0.1, -0.05) is 55.4 Å². The van der Waals surface area contributed by atoms with Gasteiger partial charge in [-0.15, -0.1) is 0 Å². The molecule has 7 rings (SSSR count). The van der Waals surface area contributed by atoms with Gasteiger partial charge in [0.05, 0.1) is 60.5 Å². The third-order valence-electron chi connectivity index (χ3n) is 18.6. The minimum absolute atomic E-state index is 0. The summed E-state index contributed by atoms with van der Waals surface area (Å²) in [5.41, 5.74) is -1.94. The number of Topliss-reactive ketones (excluding diaryl/α,β-unsaturated/α-hetero) is 1.